The first-order chi connectivity index (χ1) is 16.4. The molecule has 1 unspecified atom stereocenters. The standard InChI is InChI=1S/C29H33N3O2.ClH/c1-31(2)27(33)24-19-29(25-10-6-5-9-23(24)25)13-15-32(16-14-29)28(34)26(30)18-20-11-12-21-7-3-4-8-22(21)17-20;/h3-12,17,24,26H,13-16,18-19,30H2,1-2H3;1H/t24-,26?;/m1./s1. The van der Waals surface area contributed by atoms with Gasteiger partial charge in [-0.1, -0.05) is 66.7 Å². The molecule has 0 radical (unpaired) electrons. The predicted molar refractivity (Wildman–Crippen MR) is 134 cm³/mol. The number of piperidine rings is 1. The van der Waals surface area contributed by atoms with Crippen molar-refractivity contribution in [3.8, 4) is 0 Å². The van der Waals surface area contributed by atoms with E-state index in [-0.39, 0.29) is 41.6 Å². The molecule has 1 aliphatic carbocycles. The van der Waals surface area contributed by atoms with Crippen LogP contribution in [0.5, 0.6) is 0 Å². The van der Waals surface area contributed by atoms with Gasteiger partial charge in [-0.25, -0.2) is 0 Å². The fourth-order valence-corrected chi connectivity index (χ4v) is 6.05. The zero-order chi connectivity index (χ0) is 23.9. The van der Waals surface area contributed by atoms with Crippen LogP contribution < -0.4 is 18.1 Å². The molecule has 3 aromatic carbocycles. The van der Waals surface area contributed by atoms with E-state index in [0.29, 0.717) is 6.42 Å². The van der Waals surface area contributed by atoms with Crippen LogP contribution >= 0.6 is 0 Å². The van der Waals surface area contributed by atoms with Crippen LogP contribution in [0.4, 0.5) is 0 Å². The van der Waals surface area contributed by atoms with Gasteiger partial charge in [0, 0.05) is 39.0 Å². The maximum atomic E-state index is 13.3. The molecule has 2 aliphatic rings. The lowest BCUT2D eigenvalue weighted by molar-refractivity contribution is -0.405. The van der Waals surface area contributed by atoms with Gasteiger partial charge in [0.2, 0.25) is 5.91 Å². The fourth-order valence-electron chi connectivity index (χ4n) is 6.05. The second-order valence-electron chi connectivity index (χ2n) is 10.3. The van der Waals surface area contributed by atoms with Crippen LogP contribution in [0, 0.1) is 0 Å². The number of hydrogen-bond donors (Lipinski definition) is 1. The molecule has 3 aromatic rings. The molecule has 5 nitrogen and oxygen atoms in total. The summed E-state index contributed by atoms with van der Waals surface area (Å²) >= 11 is 0. The smallest absolute Gasteiger partial charge is 0.281 e. The van der Waals surface area contributed by atoms with E-state index < -0.39 is 0 Å². The quantitative estimate of drug-likeness (QED) is 0.564. The molecule has 1 saturated heterocycles. The highest BCUT2D eigenvalue weighted by atomic mass is 35.5. The number of quaternary nitrogens is 1. The van der Waals surface area contributed by atoms with Gasteiger partial charge < -0.3 is 27.9 Å². The number of benzene rings is 3. The maximum Gasteiger partial charge on any atom is 0.281 e. The number of halogens is 1. The van der Waals surface area contributed by atoms with E-state index in [4.69, 9.17) is 0 Å². The monoisotopic (exact) mass is 491 g/mol. The van der Waals surface area contributed by atoms with Crippen LogP contribution in [0.3, 0.4) is 0 Å². The van der Waals surface area contributed by atoms with Crippen LogP contribution in [-0.2, 0) is 21.4 Å². The summed E-state index contributed by atoms with van der Waals surface area (Å²) in [5, 5.41) is 2.41. The molecular formula is C29H34ClN3O2. The van der Waals surface area contributed by atoms with E-state index in [1.54, 1.807) is 4.90 Å². The molecule has 2 amide bonds. The van der Waals surface area contributed by atoms with Crippen LogP contribution in [0.1, 0.15) is 41.9 Å². The number of rotatable bonds is 4. The van der Waals surface area contributed by atoms with Gasteiger partial charge in [0.25, 0.3) is 5.91 Å². The fraction of sp³-hybridized carbons (Fsp3) is 0.379. The van der Waals surface area contributed by atoms with E-state index in [1.807, 2.05) is 37.2 Å². The molecule has 0 bridgehead atoms. The number of carbonyl (C=O) groups excluding carboxylic acids is 2. The van der Waals surface area contributed by atoms with Crippen molar-refractivity contribution in [2.45, 2.75) is 43.1 Å². The maximum absolute atomic E-state index is 13.3. The Bertz CT molecular complexity index is 1230. The highest BCUT2D eigenvalue weighted by molar-refractivity contribution is 5.86. The summed E-state index contributed by atoms with van der Waals surface area (Å²) in [6.45, 7) is 1.44. The van der Waals surface area contributed by atoms with Crippen molar-refractivity contribution in [3.63, 3.8) is 0 Å². The number of nitrogens with zero attached hydrogens (tertiary/aromatic N) is 2. The first kappa shape index (κ1) is 25.2. The third-order valence-electron chi connectivity index (χ3n) is 7.92. The minimum Gasteiger partial charge on any atom is -1.00 e. The van der Waals surface area contributed by atoms with Crippen molar-refractivity contribution in [2.24, 2.45) is 0 Å². The van der Waals surface area contributed by atoms with Crippen molar-refractivity contribution in [1.29, 1.82) is 0 Å². The summed E-state index contributed by atoms with van der Waals surface area (Å²) in [6, 6.07) is 22.8. The topological polar surface area (TPSA) is 68.3 Å². The number of carbonyl (C=O) groups is 2. The van der Waals surface area contributed by atoms with Gasteiger partial charge in [0.1, 0.15) is 0 Å². The molecule has 2 atom stereocenters. The SMILES string of the molecule is CN(C)C(=O)[C@@H]1CC2(CCN(C(=O)C([NH3+])Cc3ccc4ccccc4c3)CC2)c2ccccc21.[Cl-]. The van der Waals surface area contributed by atoms with E-state index in [1.165, 1.54) is 21.9 Å². The van der Waals surface area contributed by atoms with Gasteiger partial charge in [-0.05, 0) is 46.7 Å². The van der Waals surface area contributed by atoms with Crippen LogP contribution in [0.25, 0.3) is 10.8 Å². The Morgan fingerprint density at radius 1 is 1.00 bits per heavy atom. The molecule has 1 spiro atoms. The molecule has 184 valence electrons. The Labute approximate surface area is 213 Å². The molecule has 1 heterocycles. The molecule has 1 fully saturated rings. The molecule has 0 saturated carbocycles. The summed E-state index contributed by atoms with van der Waals surface area (Å²) in [5.41, 5.74) is 7.84. The Morgan fingerprint density at radius 2 is 1.66 bits per heavy atom. The van der Waals surface area contributed by atoms with Crippen LogP contribution in [0.15, 0.2) is 66.7 Å². The Morgan fingerprint density at radius 3 is 2.37 bits per heavy atom. The van der Waals surface area contributed by atoms with Crippen molar-refractivity contribution < 1.29 is 27.7 Å². The minimum absolute atomic E-state index is 0. The molecule has 6 heteroatoms. The van der Waals surface area contributed by atoms with Crippen molar-refractivity contribution >= 4 is 22.6 Å². The third-order valence-corrected chi connectivity index (χ3v) is 7.92. The van der Waals surface area contributed by atoms with Crippen molar-refractivity contribution in [3.05, 3.63) is 83.4 Å². The molecule has 35 heavy (non-hydrogen) atoms. The highest BCUT2D eigenvalue weighted by Gasteiger charge is 2.48. The second kappa shape index (κ2) is 10.00. The average Bonchev–Trinajstić information content (AvgIpc) is 3.17. The summed E-state index contributed by atoms with van der Waals surface area (Å²) in [4.78, 5) is 29.9. The average molecular weight is 492 g/mol. The number of likely N-dealkylation sites (N-methyl/N-ethyl adjacent to an activating group) is 1. The Kier molecular flexibility index (Phi) is 7.20. The van der Waals surface area contributed by atoms with Crippen molar-refractivity contribution in [1.82, 2.24) is 9.80 Å². The first-order valence-electron chi connectivity index (χ1n) is 12.3. The Balaban J connectivity index is 0.00000289. The molecule has 0 aromatic heterocycles. The van der Waals surface area contributed by atoms with Gasteiger partial charge in [0.05, 0.1) is 5.92 Å². The number of fused-ring (bicyclic) bond motifs is 3. The molecule has 1 aliphatic heterocycles. The minimum atomic E-state index is -0.297. The molecule has 5 rings (SSSR count). The molecular weight excluding hydrogens is 458 g/mol. The lowest BCUT2D eigenvalue weighted by Gasteiger charge is -2.40. The number of likely N-dealkylation sites (tertiary alicyclic amines) is 1. The Hall–Kier alpha value is -2.89. The lowest BCUT2D eigenvalue weighted by atomic mass is 9.73. The van der Waals surface area contributed by atoms with Gasteiger partial charge >= 0.3 is 0 Å². The van der Waals surface area contributed by atoms with Gasteiger partial charge in [-0.3, -0.25) is 9.59 Å². The zero-order valence-corrected chi connectivity index (χ0v) is 21.3. The zero-order valence-electron chi connectivity index (χ0n) is 20.5. The van der Waals surface area contributed by atoms with Crippen LogP contribution in [-0.4, -0.2) is 54.8 Å². The van der Waals surface area contributed by atoms with E-state index in [0.717, 1.165) is 37.9 Å². The van der Waals surface area contributed by atoms with Gasteiger partial charge in [-0.2, -0.15) is 0 Å². The van der Waals surface area contributed by atoms with Crippen molar-refractivity contribution in [2.75, 3.05) is 27.2 Å². The highest BCUT2D eigenvalue weighted by Crippen LogP contribution is 2.52. The first-order valence-corrected chi connectivity index (χ1v) is 12.3. The van der Waals surface area contributed by atoms with Crippen LogP contribution in [0.2, 0.25) is 0 Å². The normalized spacial score (nSPS) is 19.2. The lowest BCUT2D eigenvalue weighted by Crippen LogP contribution is -3.00. The summed E-state index contributed by atoms with van der Waals surface area (Å²) < 4.78 is 0. The van der Waals surface area contributed by atoms with E-state index >= 15 is 0 Å². The van der Waals surface area contributed by atoms with E-state index in [2.05, 4.69) is 54.3 Å². The van der Waals surface area contributed by atoms with Gasteiger partial charge in [0.15, 0.2) is 6.04 Å². The number of amides is 2. The predicted octanol–water partition coefficient (Wildman–Crippen LogP) is 0.133. The second-order valence-corrected chi connectivity index (χ2v) is 10.3. The van der Waals surface area contributed by atoms with Gasteiger partial charge in [-0.15, -0.1) is 0 Å². The molecule has 3 N–H and O–H groups in total. The summed E-state index contributed by atoms with van der Waals surface area (Å²) in [5.74, 6) is 0.230. The number of hydrogen-bond acceptors (Lipinski definition) is 2. The van der Waals surface area contributed by atoms with E-state index in [9.17, 15) is 9.59 Å². The largest absolute Gasteiger partial charge is 1.00 e. The third kappa shape index (κ3) is 4.67. The summed E-state index contributed by atoms with van der Waals surface area (Å²) in [7, 11) is 3.67. The summed E-state index contributed by atoms with van der Waals surface area (Å²) in [6.07, 6.45) is 3.29.